The minimum Gasteiger partial charge on any atom is -0.380 e. The number of hydrogen-bond donors (Lipinski definition) is 1. The standard InChI is InChI=1S/C16H26O5/c1-10(2)5-6-12-14(3,21-12)16(18)13(19-4)11(17)7-8-15(16)9-20-15/h10,12-13,18H,5-9H2,1-4H3/t12-,13-,14+,15-,16-/m1/s1. The zero-order valence-electron chi connectivity index (χ0n) is 13.3. The second-order valence-corrected chi connectivity index (χ2v) is 7.32. The van der Waals surface area contributed by atoms with Crippen LogP contribution in [-0.4, -0.2) is 53.6 Å². The van der Waals surface area contributed by atoms with E-state index in [2.05, 4.69) is 13.8 Å². The monoisotopic (exact) mass is 298 g/mol. The van der Waals surface area contributed by atoms with Gasteiger partial charge in [-0.1, -0.05) is 13.8 Å². The second-order valence-electron chi connectivity index (χ2n) is 7.32. The van der Waals surface area contributed by atoms with E-state index in [1.807, 2.05) is 6.92 Å². The van der Waals surface area contributed by atoms with Gasteiger partial charge in [-0.2, -0.15) is 0 Å². The Bertz CT molecular complexity index is 444. The summed E-state index contributed by atoms with van der Waals surface area (Å²) < 4.78 is 16.9. The maximum absolute atomic E-state index is 12.2. The molecule has 0 unspecified atom stereocenters. The summed E-state index contributed by atoms with van der Waals surface area (Å²) >= 11 is 0. The van der Waals surface area contributed by atoms with Gasteiger partial charge in [0.25, 0.3) is 0 Å². The molecule has 2 saturated heterocycles. The number of ether oxygens (including phenoxy) is 3. The minimum absolute atomic E-state index is 0.0328. The maximum Gasteiger partial charge on any atom is 0.164 e. The Morgan fingerprint density at radius 3 is 2.67 bits per heavy atom. The van der Waals surface area contributed by atoms with Gasteiger partial charge in [-0.05, 0) is 32.1 Å². The Kier molecular flexibility index (Phi) is 3.49. The fourth-order valence-electron chi connectivity index (χ4n) is 4.00. The lowest BCUT2D eigenvalue weighted by Crippen LogP contribution is -2.69. The quantitative estimate of drug-likeness (QED) is 0.778. The van der Waals surface area contributed by atoms with E-state index in [0.29, 0.717) is 25.4 Å². The van der Waals surface area contributed by atoms with E-state index >= 15 is 0 Å². The van der Waals surface area contributed by atoms with E-state index < -0.39 is 22.9 Å². The third kappa shape index (κ3) is 2.01. The van der Waals surface area contributed by atoms with Crippen molar-refractivity contribution in [3.05, 3.63) is 0 Å². The van der Waals surface area contributed by atoms with Crippen molar-refractivity contribution in [3.8, 4) is 0 Å². The summed E-state index contributed by atoms with van der Waals surface area (Å²) in [6.45, 7) is 6.71. The highest BCUT2D eigenvalue weighted by Gasteiger charge is 2.81. The number of hydrogen-bond acceptors (Lipinski definition) is 5. The van der Waals surface area contributed by atoms with Crippen LogP contribution in [0, 0.1) is 5.92 Å². The molecule has 2 aliphatic heterocycles. The fraction of sp³-hybridized carbons (Fsp3) is 0.938. The van der Waals surface area contributed by atoms with Crippen molar-refractivity contribution in [2.45, 2.75) is 75.5 Å². The highest BCUT2D eigenvalue weighted by molar-refractivity contribution is 5.87. The number of carbonyl (C=O) groups is 1. The van der Waals surface area contributed by atoms with Crippen LogP contribution in [-0.2, 0) is 19.0 Å². The van der Waals surface area contributed by atoms with Crippen LogP contribution < -0.4 is 0 Å². The smallest absolute Gasteiger partial charge is 0.164 e. The summed E-state index contributed by atoms with van der Waals surface area (Å²) in [7, 11) is 1.48. The number of rotatable bonds is 5. The van der Waals surface area contributed by atoms with Crippen molar-refractivity contribution in [1.82, 2.24) is 0 Å². The first-order valence-electron chi connectivity index (χ1n) is 7.90. The zero-order chi connectivity index (χ0) is 15.5. The molecular formula is C16H26O5. The molecule has 0 aromatic rings. The first-order chi connectivity index (χ1) is 9.81. The lowest BCUT2D eigenvalue weighted by Gasteiger charge is -2.45. The van der Waals surface area contributed by atoms with Gasteiger partial charge in [0, 0.05) is 13.5 Å². The molecule has 5 heteroatoms. The molecular weight excluding hydrogens is 272 g/mol. The molecule has 1 aliphatic carbocycles. The predicted molar refractivity (Wildman–Crippen MR) is 76.0 cm³/mol. The van der Waals surface area contributed by atoms with Crippen molar-refractivity contribution >= 4 is 5.78 Å². The van der Waals surface area contributed by atoms with Crippen molar-refractivity contribution in [2.24, 2.45) is 5.92 Å². The summed E-state index contributed by atoms with van der Waals surface area (Å²) in [5.74, 6) is 0.533. The van der Waals surface area contributed by atoms with E-state index in [1.165, 1.54) is 7.11 Å². The zero-order valence-corrected chi connectivity index (χ0v) is 13.3. The summed E-state index contributed by atoms with van der Waals surface area (Å²) in [6.07, 6.45) is 1.98. The fourth-order valence-corrected chi connectivity index (χ4v) is 4.00. The number of aliphatic hydroxyl groups is 1. The molecule has 0 radical (unpaired) electrons. The van der Waals surface area contributed by atoms with Crippen LogP contribution >= 0.6 is 0 Å². The first-order valence-corrected chi connectivity index (χ1v) is 7.90. The molecule has 5 atom stereocenters. The van der Waals surface area contributed by atoms with Gasteiger partial charge < -0.3 is 19.3 Å². The normalized spacial score (nSPS) is 49.0. The third-order valence-electron chi connectivity index (χ3n) is 5.58. The molecule has 0 bridgehead atoms. The van der Waals surface area contributed by atoms with Crippen LogP contribution in [0.2, 0.25) is 0 Å². The molecule has 0 aromatic carbocycles. The highest BCUT2D eigenvalue weighted by Crippen LogP contribution is 2.61. The molecule has 3 aliphatic rings. The first kappa shape index (κ1) is 15.4. The van der Waals surface area contributed by atoms with Crippen LogP contribution in [0.4, 0.5) is 0 Å². The Labute approximate surface area is 125 Å². The molecule has 1 saturated carbocycles. The maximum atomic E-state index is 12.2. The molecule has 120 valence electrons. The summed E-state index contributed by atoms with van der Waals surface area (Å²) in [5.41, 5.74) is -2.80. The summed E-state index contributed by atoms with van der Waals surface area (Å²) in [5, 5.41) is 11.4. The van der Waals surface area contributed by atoms with Gasteiger partial charge in [-0.15, -0.1) is 0 Å². The number of Topliss-reactive ketones (excluding diaryl/α,β-unsaturated/α-hetero) is 1. The van der Waals surface area contributed by atoms with Crippen LogP contribution in [0.1, 0.15) is 46.5 Å². The lowest BCUT2D eigenvalue weighted by atomic mass is 9.64. The van der Waals surface area contributed by atoms with Gasteiger partial charge in [-0.25, -0.2) is 0 Å². The minimum atomic E-state index is -1.38. The molecule has 0 aromatic heterocycles. The van der Waals surface area contributed by atoms with Crippen molar-refractivity contribution < 1.29 is 24.1 Å². The molecule has 1 spiro atoms. The number of carbonyl (C=O) groups excluding carboxylic acids is 1. The summed E-state index contributed by atoms with van der Waals surface area (Å²) in [4.78, 5) is 12.2. The molecule has 5 nitrogen and oxygen atoms in total. The highest BCUT2D eigenvalue weighted by atomic mass is 16.7. The van der Waals surface area contributed by atoms with Crippen molar-refractivity contribution in [1.29, 1.82) is 0 Å². The van der Waals surface area contributed by atoms with Crippen LogP contribution in [0.15, 0.2) is 0 Å². The van der Waals surface area contributed by atoms with Gasteiger partial charge in [0.1, 0.15) is 17.3 Å². The van der Waals surface area contributed by atoms with Crippen LogP contribution in [0.5, 0.6) is 0 Å². The molecule has 3 fully saturated rings. The average molecular weight is 298 g/mol. The Balaban J connectivity index is 1.85. The van der Waals surface area contributed by atoms with Gasteiger partial charge in [0.05, 0.1) is 12.7 Å². The Morgan fingerprint density at radius 1 is 1.48 bits per heavy atom. The van der Waals surface area contributed by atoms with E-state index in [9.17, 15) is 9.90 Å². The van der Waals surface area contributed by atoms with Gasteiger partial charge in [-0.3, -0.25) is 4.79 Å². The SMILES string of the molecule is CO[C@@H]1C(=O)CC[C@@]2(CO2)[C@]1(O)[C@@]1(C)O[C@@H]1CCC(C)C. The molecule has 0 amide bonds. The van der Waals surface area contributed by atoms with Gasteiger partial charge in [0.2, 0.25) is 0 Å². The predicted octanol–water partition coefficient (Wildman–Crippen LogP) is 1.46. The largest absolute Gasteiger partial charge is 0.380 e. The topological polar surface area (TPSA) is 71.6 Å². The van der Waals surface area contributed by atoms with Gasteiger partial charge >= 0.3 is 0 Å². The van der Waals surface area contributed by atoms with E-state index in [0.717, 1.165) is 12.8 Å². The molecule has 1 N–H and O–H groups in total. The average Bonchev–Trinajstić information content (AvgIpc) is 3.31. The van der Waals surface area contributed by atoms with E-state index in [4.69, 9.17) is 14.2 Å². The molecule has 21 heavy (non-hydrogen) atoms. The number of ketones is 1. The molecule has 3 rings (SSSR count). The van der Waals surface area contributed by atoms with Crippen molar-refractivity contribution in [3.63, 3.8) is 0 Å². The third-order valence-corrected chi connectivity index (χ3v) is 5.58. The van der Waals surface area contributed by atoms with Gasteiger partial charge in [0.15, 0.2) is 11.4 Å². The number of methoxy groups -OCH3 is 1. The van der Waals surface area contributed by atoms with Crippen LogP contribution in [0.3, 0.4) is 0 Å². The Hall–Kier alpha value is -0.490. The van der Waals surface area contributed by atoms with E-state index in [-0.39, 0.29) is 11.9 Å². The van der Waals surface area contributed by atoms with Crippen LogP contribution in [0.25, 0.3) is 0 Å². The Morgan fingerprint density at radius 2 is 2.14 bits per heavy atom. The van der Waals surface area contributed by atoms with E-state index in [1.54, 1.807) is 0 Å². The number of epoxide rings is 2. The summed E-state index contributed by atoms with van der Waals surface area (Å²) in [6, 6.07) is 0. The van der Waals surface area contributed by atoms with Crippen molar-refractivity contribution in [2.75, 3.05) is 13.7 Å². The second kappa shape index (κ2) is 4.75. The molecule has 2 heterocycles. The lowest BCUT2D eigenvalue weighted by molar-refractivity contribution is -0.193.